The lowest BCUT2D eigenvalue weighted by Crippen LogP contribution is -2.42. The number of halogens is 1. The molecule has 1 unspecified atom stereocenters. The van der Waals surface area contributed by atoms with E-state index in [-0.39, 0.29) is 19.6 Å². The monoisotopic (exact) mass is 381 g/mol. The quantitative estimate of drug-likeness (QED) is 0.713. The molecule has 0 bridgehead atoms. The van der Waals surface area contributed by atoms with E-state index in [0.29, 0.717) is 10.8 Å². The van der Waals surface area contributed by atoms with E-state index in [1.807, 2.05) is 18.2 Å². The fourth-order valence-corrected chi connectivity index (χ4v) is 3.35. The number of ether oxygens (including phenoxy) is 1. The van der Waals surface area contributed by atoms with Crippen LogP contribution in [0.2, 0.25) is 5.02 Å². The Morgan fingerprint density at radius 2 is 1.76 bits per heavy atom. The number of amides is 1. The second kappa shape index (κ2) is 8.87. The van der Waals surface area contributed by atoms with E-state index in [1.54, 1.807) is 36.4 Å². The SMILES string of the molecule is CS(=O)(=O)C(Cc1ccccc1)C(=O)NCCOc1ccc(Cl)cc1. The van der Waals surface area contributed by atoms with Gasteiger partial charge in [0.1, 0.15) is 17.6 Å². The second-order valence-electron chi connectivity index (χ2n) is 5.60. The summed E-state index contributed by atoms with van der Waals surface area (Å²) >= 11 is 5.79. The zero-order valence-electron chi connectivity index (χ0n) is 13.8. The summed E-state index contributed by atoms with van der Waals surface area (Å²) in [6.07, 6.45) is 1.22. The molecular formula is C18H20ClNO4S. The van der Waals surface area contributed by atoms with Crippen LogP contribution in [0.1, 0.15) is 5.56 Å². The van der Waals surface area contributed by atoms with Gasteiger partial charge in [-0.15, -0.1) is 0 Å². The fourth-order valence-electron chi connectivity index (χ4n) is 2.25. The Bertz CT molecular complexity index is 792. The van der Waals surface area contributed by atoms with Gasteiger partial charge < -0.3 is 10.1 Å². The maximum Gasteiger partial charge on any atom is 0.238 e. The highest BCUT2D eigenvalue weighted by molar-refractivity contribution is 7.92. The summed E-state index contributed by atoms with van der Waals surface area (Å²) in [6, 6.07) is 15.9. The molecule has 0 aliphatic heterocycles. The van der Waals surface area contributed by atoms with Crippen molar-refractivity contribution in [1.29, 1.82) is 0 Å². The lowest BCUT2D eigenvalue weighted by atomic mass is 10.1. The highest BCUT2D eigenvalue weighted by atomic mass is 35.5. The van der Waals surface area contributed by atoms with Crippen molar-refractivity contribution in [2.45, 2.75) is 11.7 Å². The lowest BCUT2D eigenvalue weighted by Gasteiger charge is -2.15. The molecule has 1 N–H and O–H groups in total. The molecule has 0 heterocycles. The van der Waals surface area contributed by atoms with E-state index in [4.69, 9.17) is 16.3 Å². The predicted octanol–water partition coefficient (Wildman–Crippen LogP) is 2.49. The van der Waals surface area contributed by atoms with Crippen LogP contribution in [-0.4, -0.2) is 39.0 Å². The molecule has 7 heteroatoms. The third-order valence-corrected chi connectivity index (χ3v) is 5.22. The molecule has 5 nitrogen and oxygen atoms in total. The van der Waals surface area contributed by atoms with Gasteiger partial charge >= 0.3 is 0 Å². The van der Waals surface area contributed by atoms with Gasteiger partial charge in [-0.1, -0.05) is 41.9 Å². The number of hydrogen-bond acceptors (Lipinski definition) is 4. The zero-order chi connectivity index (χ0) is 18.3. The minimum atomic E-state index is -3.52. The van der Waals surface area contributed by atoms with E-state index in [9.17, 15) is 13.2 Å². The molecule has 0 saturated heterocycles. The highest BCUT2D eigenvalue weighted by Crippen LogP contribution is 2.15. The van der Waals surface area contributed by atoms with Crippen molar-refractivity contribution in [2.24, 2.45) is 0 Å². The summed E-state index contributed by atoms with van der Waals surface area (Å²) in [5.41, 5.74) is 0.797. The van der Waals surface area contributed by atoms with E-state index < -0.39 is 21.0 Å². The normalized spacial score (nSPS) is 12.4. The molecule has 1 atom stereocenters. The minimum Gasteiger partial charge on any atom is -0.492 e. The number of benzene rings is 2. The Balaban J connectivity index is 1.88. The molecule has 25 heavy (non-hydrogen) atoms. The third-order valence-electron chi connectivity index (χ3n) is 3.56. The van der Waals surface area contributed by atoms with Crippen molar-refractivity contribution in [3.63, 3.8) is 0 Å². The smallest absolute Gasteiger partial charge is 0.238 e. The third kappa shape index (κ3) is 6.40. The number of rotatable bonds is 8. The maximum absolute atomic E-state index is 12.3. The molecule has 0 saturated carbocycles. The van der Waals surface area contributed by atoms with Crippen LogP contribution < -0.4 is 10.1 Å². The number of sulfone groups is 1. The van der Waals surface area contributed by atoms with E-state index >= 15 is 0 Å². The summed E-state index contributed by atoms with van der Waals surface area (Å²) in [6.45, 7) is 0.442. The lowest BCUT2D eigenvalue weighted by molar-refractivity contribution is -0.120. The van der Waals surface area contributed by atoms with E-state index in [1.165, 1.54) is 0 Å². The van der Waals surface area contributed by atoms with Gasteiger partial charge in [0, 0.05) is 11.3 Å². The molecule has 2 rings (SSSR count). The van der Waals surface area contributed by atoms with Crippen LogP contribution in [0.3, 0.4) is 0 Å². The Hall–Kier alpha value is -2.05. The first-order valence-corrected chi connectivity index (χ1v) is 10.1. The van der Waals surface area contributed by atoms with Crippen LogP contribution in [0.25, 0.3) is 0 Å². The van der Waals surface area contributed by atoms with E-state index in [2.05, 4.69) is 5.32 Å². The molecule has 0 fully saturated rings. The van der Waals surface area contributed by atoms with Crippen molar-refractivity contribution in [2.75, 3.05) is 19.4 Å². The molecule has 134 valence electrons. The molecule has 0 aromatic heterocycles. The molecule has 2 aromatic carbocycles. The van der Waals surface area contributed by atoms with Crippen molar-refractivity contribution < 1.29 is 17.9 Å². The molecule has 0 radical (unpaired) electrons. The van der Waals surface area contributed by atoms with Crippen LogP contribution in [0.15, 0.2) is 54.6 Å². The van der Waals surface area contributed by atoms with Crippen LogP contribution in [0, 0.1) is 0 Å². The average Bonchev–Trinajstić information content (AvgIpc) is 2.58. The summed E-state index contributed by atoms with van der Waals surface area (Å²) in [5.74, 6) is 0.105. The van der Waals surface area contributed by atoms with Crippen molar-refractivity contribution in [1.82, 2.24) is 5.32 Å². The Morgan fingerprint density at radius 3 is 2.36 bits per heavy atom. The second-order valence-corrected chi connectivity index (χ2v) is 8.27. The summed E-state index contributed by atoms with van der Waals surface area (Å²) < 4.78 is 29.4. The minimum absolute atomic E-state index is 0.142. The topological polar surface area (TPSA) is 72.5 Å². The van der Waals surface area contributed by atoms with Crippen LogP contribution >= 0.6 is 11.6 Å². The van der Waals surface area contributed by atoms with Crippen LogP contribution in [0.5, 0.6) is 5.75 Å². The zero-order valence-corrected chi connectivity index (χ0v) is 15.4. The summed E-state index contributed by atoms with van der Waals surface area (Å²) in [7, 11) is -3.52. The first kappa shape index (κ1) is 19.3. The van der Waals surface area contributed by atoms with Gasteiger partial charge in [0.05, 0.1) is 6.54 Å². The van der Waals surface area contributed by atoms with Gasteiger partial charge in [0.2, 0.25) is 5.91 Å². The largest absolute Gasteiger partial charge is 0.492 e. The average molecular weight is 382 g/mol. The van der Waals surface area contributed by atoms with Gasteiger partial charge in [-0.25, -0.2) is 8.42 Å². The van der Waals surface area contributed by atoms with Gasteiger partial charge in [-0.05, 0) is 36.2 Å². The van der Waals surface area contributed by atoms with Crippen molar-refractivity contribution in [3.8, 4) is 5.75 Å². The molecule has 0 aliphatic carbocycles. The van der Waals surface area contributed by atoms with Gasteiger partial charge in [0.15, 0.2) is 9.84 Å². The van der Waals surface area contributed by atoms with Crippen molar-refractivity contribution in [3.05, 3.63) is 65.2 Å². The standard InChI is InChI=1S/C18H20ClNO4S/c1-25(22,23)17(13-14-5-3-2-4-6-14)18(21)20-11-12-24-16-9-7-15(19)8-10-16/h2-10,17H,11-13H2,1H3,(H,20,21). The van der Waals surface area contributed by atoms with Crippen LogP contribution in [-0.2, 0) is 21.1 Å². The fraction of sp³-hybridized carbons (Fsp3) is 0.278. The maximum atomic E-state index is 12.3. The Morgan fingerprint density at radius 1 is 1.12 bits per heavy atom. The number of hydrogen-bond donors (Lipinski definition) is 1. The molecule has 0 spiro atoms. The Labute approximate surface area is 152 Å². The summed E-state index contributed by atoms with van der Waals surface area (Å²) in [4.78, 5) is 12.3. The molecule has 2 aromatic rings. The van der Waals surface area contributed by atoms with E-state index in [0.717, 1.165) is 11.8 Å². The molecule has 0 aliphatic rings. The Kier molecular flexibility index (Phi) is 6.84. The summed E-state index contributed by atoms with van der Waals surface area (Å²) in [5, 5.41) is 2.11. The van der Waals surface area contributed by atoms with Crippen LogP contribution in [0.4, 0.5) is 0 Å². The highest BCUT2D eigenvalue weighted by Gasteiger charge is 2.28. The number of carbonyl (C=O) groups is 1. The number of nitrogens with one attached hydrogen (secondary N) is 1. The van der Waals surface area contributed by atoms with Gasteiger partial charge in [-0.2, -0.15) is 0 Å². The number of carbonyl (C=O) groups excluding carboxylic acids is 1. The molecular weight excluding hydrogens is 362 g/mol. The first-order chi connectivity index (χ1) is 11.9. The van der Waals surface area contributed by atoms with Gasteiger partial charge in [-0.3, -0.25) is 4.79 Å². The first-order valence-electron chi connectivity index (χ1n) is 7.75. The predicted molar refractivity (Wildman–Crippen MR) is 98.7 cm³/mol. The van der Waals surface area contributed by atoms with Crippen molar-refractivity contribution >= 4 is 27.3 Å². The van der Waals surface area contributed by atoms with Gasteiger partial charge in [0.25, 0.3) is 0 Å². The molecule has 1 amide bonds.